The fourth-order valence-corrected chi connectivity index (χ4v) is 4.61. The van der Waals surface area contributed by atoms with Gasteiger partial charge in [-0.2, -0.15) is 0 Å². The number of ether oxygens (including phenoxy) is 1. The number of piperidine rings is 1. The van der Waals surface area contributed by atoms with Crippen LogP contribution in [-0.4, -0.2) is 42.8 Å². The molecule has 0 aromatic heterocycles. The van der Waals surface area contributed by atoms with Crippen molar-refractivity contribution < 1.29 is 14.2 Å². The summed E-state index contributed by atoms with van der Waals surface area (Å²) >= 11 is 0. The molecule has 0 aliphatic carbocycles. The maximum Gasteiger partial charge on any atom is 0.123 e. The number of hydrazine groups is 1. The van der Waals surface area contributed by atoms with Crippen LogP contribution in [0, 0.1) is 11.7 Å². The summed E-state index contributed by atoms with van der Waals surface area (Å²) in [5.41, 5.74) is 8.65. The van der Waals surface area contributed by atoms with Crippen LogP contribution in [-0.2, 0) is 6.54 Å². The Kier molecular flexibility index (Phi) is 5.80. The van der Waals surface area contributed by atoms with Gasteiger partial charge in [0.05, 0.1) is 7.11 Å². The van der Waals surface area contributed by atoms with Crippen LogP contribution in [0.5, 0.6) is 11.5 Å². The molecule has 0 bridgehead atoms. The zero-order valence-electron chi connectivity index (χ0n) is 16.2. The summed E-state index contributed by atoms with van der Waals surface area (Å²) in [6.07, 6.45) is 2.26. The van der Waals surface area contributed by atoms with Gasteiger partial charge >= 0.3 is 0 Å². The number of phenols is 1. The molecular formula is C22H28FN3O2. The maximum atomic E-state index is 13.7. The van der Waals surface area contributed by atoms with Gasteiger partial charge in [0, 0.05) is 37.2 Å². The Bertz CT molecular complexity index is 816. The molecule has 5 nitrogen and oxygen atoms in total. The number of aromatic hydroxyl groups is 1. The van der Waals surface area contributed by atoms with Crippen LogP contribution in [0.3, 0.4) is 0 Å². The van der Waals surface area contributed by atoms with E-state index < -0.39 is 0 Å². The fourth-order valence-electron chi connectivity index (χ4n) is 4.61. The standard InChI is InChI=1S/C22H28FN3O2/c1-28-19-7-8-21(27)17(11-19)14-26-9-3-5-16(13-26)22-20(12-24-25-22)15-4-2-6-18(23)10-15/h2,4,6-8,10-11,16,20,22,24-25,27H,3,5,9,12-14H2,1H3. The molecule has 150 valence electrons. The van der Waals surface area contributed by atoms with Gasteiger partial charge in [-0.05, 0) is 61.2 Å². The number of benzene rings is 2. The second kappa shape index (κ2) is 8.47. The second-order valence-electron chi connectivity index (χ2n) is 7.84. The van der Waals surface area contributed by atoms with Crippen LogP contribution >= 0.6 is 0 Å². The molecule has 3 N–H and O–H groups in total. The lowest BCUT2D eigenvalue weighted by Gasteiger charge is -2.37. The largest absolute Gasteiger partial charge is 0.508 e. The minimum Gasteiger partial charge on any atom is -0.508 e. The van der Waals surface area contributed by atoms with Gasteiger partial charge < -0.3 is 9.84 Å². The number of likely N-dealkylation sites (tertiary alicyclic amines) is 1. The van der Waals surface area contributed by atoms with Crippen LogP contribution in [0.2, 0.25) is 0 Å². The number of nitrogens with zero attached hydrogens (tertiary/aromatic N) is 1. The highest BCUT2D eigenvalue weighted by Gasteiger charge is 2.36. The van der Waals surface area contributed by atoms with E-state index in [1.807, 2.05) is 12.1 Å². The highest BCUT2D eigenvalue weighted by molar-refractivity contribution is 5.39. The van der Waals surface area contributed by atoms with Crippen molar-refractivity contribution in [1.82, 2.24) is 15.8 Å². The average molecular weight is 385 g/mol. The maximum absolute atomic E-state index is 13.7. The van der Waals surface area contributed by atoms with E-state index >= 15 is 0 Å². The topological polar surface area (TPSA) is 56.8 Å². The SMILES string of the molecule is COc1ccc(O)c(CN2CCCC(C3NNCC3c3cccc(F)c3)C2)c1. The molecule has 6 heteroatoms. The molecule has 2 aliphatic rings. The predicted octanol–water partition coefficient (Wildman–Crippen LogP) is 3.01. The summed E-state index contributed by atoms with van der Waals surface area (Å²) in [5, 5.41) is 10.2. The molecule has 0 saturated carbocycles. The van der Waals surface area contributed by atoms with Crippen molar-refractivity contribution in [3.8, 4) is 11.5 Å². The lowest BCUT2D eigenvalue weighted by molar-refractivity contribution is 0.138. The number of nitrogens with one attached hydrogen (secondary N) is 2. The average Bonchev–Trinajstić information content (AvgIpc) is 3.20. The third kappa shape index (κ3) is 4.14. The Hall–Kier alpha value is -2.15. The molecule has 0 radical (unpaired) electrons. The third-order valence-electron chi connectivity index (χ3n) is 6.03. The third-order valence-corrected chi connectivity index (χ3v) is 6.03. The van der Waals surface area contributed by atoms with Gasteiger partial charge in [0.2, 0.25) is 0 Å². The first-order chi connectivity index (χ1) is 13.6. The minimum absolute atomic E-state index is 0.179. The first-order valence-electron chi connectivity index (χ1n) is 9.96. The van der Waals surface area contributed by atoms with E-state index in [9.17, 15) is 9.50 Å². The Morgan fingerprint density at radius 3 is 2.96 bits per heavy atom. The molecular weight excluding hydrogens is 357 g/mol. The summed E-state index contributed by atoms with van der Waals surface area (Å²) < 4.78 is 19.0. The number of halogens is 1. The van der Waals surface area contributed by atoms with Crippen molar-refractivity contribution in [2.24, 2.45) is 5.92 Å². The van der Waals surface area contributed by atoms with E-state index in [1.165, 1.54) is 6.07 Å². The van der Waals surface area contributed by atoms with Crippen molar-refractivity contribution in [2.75, 3.05) is 26.7 Å². The molecule has 3 atom stereocenters. The number of phenolic OH excluding ortho intramolecular Hbond substituents is 1. The van der Waals surface area contributed by atoms with Crippen molar-refractivity contribution in [2.45, 2.75) is 31.3 Å². The first kappa shape index (κ1) is 19.2. The lowest BCUT2D eigenvalue weighted by Crippen LogP contribution is -2.46. The normalized spacial score (nSPS) is 25.7. The summed E-state index contributed by atoms with van der Waals surface area (Å²) in [7, 11) is 1.64. The van der Waals surface area contributed by atoms with Crippen LogP contribution < -0.4 is 15.6 Å². The summed E-state index contributed by atoms with van der Waals surface area (Å²) in [4.78, 5) is 2.39. The van der Waals surface area contributed by atoms with Gasteiger partial charge in [-0.3, -0.25) is 15.8 Å². The summed E-state index contributed by atoms with van der Waals surface area (Å²) in [6, 6.07) is 12.6. The van der Waals surface area contributed by atoms with Crippen LogP contribution in [0.4, 0.5) is 4.39 Å². The smallest absolute Gasteiger partial charge is 0.123 e. The number of hydrogen-bond donors (Lipinski definition) is 3. The molecule has 2 aromatic carbocycles. The van der Waals surface area contributed by atoms with E-state index in [2.05, 4.69) is 15.8 Å². The Morgan fingerprint density at radius 1 is 1.25 bits per heavy atom. The Morgan fingerprint density at radius 2 is 2.14 bits per heavy atom. The summed E-state index contributed by atoms with van der Waals surface area (Å²) in [6.45, 7) is 3.46. The molecule has 2 aromatic rings. The van der Waals surface area contributed by atoms with E-state index in [0.29, 0.717) is 18.2 Å². The highest BCUT2D eigenvalue weighted by Crippen LogP contribution is 2.33. The van der Waals surface area contributed by atoms with Crippen molar-refractivity contribution in [3.63, 3.8) is 0 Å². The predicted molar refractivity (Wildman–Crippen MR) is 107 cm³/mol. The van der Waals surface area contributed by atoms with Crippen molar-refractivity contribution >= 4 is 0 Å². The molecule has 4 rings (SSSR count). The lowest BCUT2D eigenvalue weighted by atomic mass is 9.81. The van der Waals surface area contributed by atoms with E-state index in [-0.39, 0.29) is 17.8 Å². The fraction of sp³-hybridized carbons (Fsp3) is 0.455. The van der Waals surface area contributed by atoms with Gasteiger partial charge in [-0.15, -0.1) is 0 Å². The highest BCUT2D eigenvalue weighted by atomic mass is 19.1. The Labute approximate surface area is 165 Å². The van der Waals surface area contributed by atoms with Gasteiger partial charge in [-0.1, -0.05) is 12.1 Å². The summed E-state index contributed by atoms with van der Waals surface area (Å²) in [5.74, 6) is 1.60. The molecule has 0 spiro atoms. The van der Waals surface area contributed by atoms with Gasteiger partial charge in [0.25, 0.3) is 0 Å². The van der Waals surface area contributed by atoms with Crippen molar-refractivity contribution in [1.29, 1.82) is 0 Å². The molecule has 2 fully saturated rings. The Balaban J connectivity index is 1.46. The quantitative estimate of drug-likeness (QED) is 0.739. The zero-order valence-corrected chi connectivity index (χ0v) is 16.2. The second-order valence-corrected chi connectivity index (χ2v) is 7.84. The first-order valence-corrected chi connectivity index (χ1v) is 9.96. The number of hydrogen-bond acceptors (Lipinski definition) is 5. The number of rotatable bonds is 5. The molecule has 2 saturated heterocycles. The zero-order chi connectivity index (χ0) is 19.5. The van der Waals surface area contributed by atoms with Gasteiger partial charge in [0.15, 0.2) is 0 Å². The number of methoxy groups -OCH3 is 1. The molecule has 2 aliphatic heterocycles. The van der Waals surface area contributed by atoms with Crippen LogP contribution in [0.1, 0.15) is 29.9 Å². The molecule has 2 heterocycles. The minimum atomic E-state index is -0.179. The van der Waals surface area contributed by atoms with Crippen molar-refractivity contribution in [3.05, 3.63) is 59.4 Å². The molecule has 28 heavy (non-hydrogen) atoms. The molecule has 0 amide bonds. The van der Waals surface area contributed by atoms with Gasteiger partial charge in [-0.25, -0.2) is 4.39 Å². The van der Waals surface area contributed by atoms with Crippen LogP contribution in [0.15, 0.2) is 42.5 Å². The van der Waals surface area contributed by atoms with Crippen LogP contribution in [0.25, 0.3) is 0 Å². The van der Waals surface area contributed by atoms with E-state index in [1.54, 1.807) is 31.4 Å². The molecule has 3 unspecified atom stereocenters. The van der Waals surface area contributed by atoms with E-state index in [4.69, 9.17) is 4.74 Å². The monoisotopic (exact) mass is 385 g/mol. The van der Waals surface area contributed by atoms with E-state index in [0.717, 1.165) is 49.4 Å². The van der Waals surface area contributed by atoms with Gasteiger partial charge in [0.1, 0.15) is 17.3 Å².